The predicted octanol–water partition coefficient (Wildman–Crippen LogP) is 1.59. The molecule has 0 saturated carbocycles. The molecule has 6 heteroatoms. The van der Waals surface area contributed by atoms with Crippen LogP contribution in [0.3, 0.4) is 0 Å². The van der Waals surface area contributed by atoms with Gasteiger partial charge in [-0.2, -0.15) is 0 Å². The van der Waals surface area contributed by atoms with E-state index in [0.29, 0.717) is 37.5 Å². The highest BCUT2D eigenvalue weighted by Crippen LogP contribution is 2.18. The Bertz CT molecular complexity index is 533. The molecule has 1 atom stereocenters. The molecule has 0 bridgehead atoms. The lowest BCUT2D eigenvalue weighted by molar-refractivity contribution is -0.135. The normalized spacial score (nSPS) is 17.8. The minimum Gasteiger partial charge on any atom is -0.355 e. The Balaban J connectivity index is 1.81. The molecule has 0 spiro atoms. The van der Waals surface area contributed by atoms with Crippen LogP contribution in [0.4, 0.5) is 0 Å². The summed E-state index contributed by atoms with van der Waals surface area (Å²) >= 11 is 5.86. The average Bonchev–Trinajstić information content (AvgIpc) is 2.59. The quantitative estimate of drug-likeness (QED) is 0.827. The summed E-state index contributed by atoms with van der Waals surface area (Å²) in [5.74, 6) is -0.00305. The molecular weight excluding hydrogens is 314 g/mol. The third-order valence-corrected chi connectivity index (χ3v) is 4.38. The number of likely N-dealkylation sites (tertiary alicyclic amines) is 1. The van der Waals surface area contributed by atoms with Crippen molar-refractivity contribution in [2.24, 2.45) is 11.7 Å². The molecular formula is C17H24ClN3O2. The van der Waals surface area contributed by atoms with Crippen LogP contribution in [-0.2, 0) is 16.0 Å². The maximum absolute atomic E-state index is 12.4. The predicted molar refractivity (Wildman–Crippen MR) is 91.1 cm³/mol. The lowest BCUT2D eigenvalue weighted by Gasteiger charge is -2.32. The van der Waals surface area contributed by atoms with Crippen LogP contribution in [0.2, 0.25) is 5.02 Å². The van der Waals surface area contributed by atoms with E-state index < -0.39 is 0 Å². The molecule has 1 heterocycles. The minimum absolute atomic E-state index is 0.00523. The van der Waals surface area contributed by atoms with E-state index in [0.717, 1.165) is 24.9 Å². The van der Waals surface area contributed by atoms with Crippen LogP contribution in [0.1, 0.15) is 24.8 Å². The number of rotatable bonds is 6. The molecule has 0 aliphatic carbocycles. The number of benzene rings is 1. The van der Waals surface area contributed by atoms with Crippen LogP contribution < -0.4 is 11.1 Å². The summed E-state index contributed by atoms with van der Waals surface area (Å²) in [5.41, 5.74) is 6.49. The average molecular weight is 338 g/mol. The largest absolute Gasteiger partial charge is 0.355 e. The van der Waals surface area contributed by atoms with Crippen LogP contribution in [0.5, 0.6) is 0 Å². The molecule has 5 nitrogen and oxygen atoms in total. The number of aryl methyl sites for hydroxylation is 1. The number of piperidine rings is 1. The lowest BCUT2D eigenvalue weighted by atomic mass is 9.96. The number of nitrogens with one attached hydrogen (secondary N) is 1. The molecule has 0 aromatic heterocycles. The Hall–Kier alpha value is -1.59. The lowest BCUT2D eigenvalue weighted by Crippen LogP contribution is -2.46. The number of carbonyl (C=O) groups is 2. The Morgan fingerprint density at radius 1 is 1.30 bits per heavy atom. The number of carbonyl (C=O) groups excluding carboxylic acids is 2. The van der Waals surface area contributed by atoms with E-state index >= 15 is 0 Å². The summed E-state index contributed by atoms with van der Waals surface area (Å²) in [7, 11) is 0. The van der Waals surface area contributed by atoms with Crippen molar-refractivity contribution in [1.82, 2.24) is 10.2 Å². The zero-order valence-electron chi connectivity index (χ0n) is 13.3. The smallest absolute Gasteiger partial charge is 0.224 e. The van der Waals surface area contributed by atoms with Crippen LogP contribution in [0.15, 0.2) is 24.3 Å². The zero-order valence-corrected chi connectivity index (χ0v) is 14.0. The Kier molecular flexibility index (Phi) is 6.86. The number of hydrogen-bond acceptors (Lipinski definition) is 3. The summed E-state index contributed by atoms with van der Waals surface area (Å²) in [6.07, 6.45) is 2.85. The van der Waals surface area contributed by atoms with Gasteiger partial charge in [0.2, 0.25) is 11.8 Å². The number of hydrogen-bond donors (Lipinski definition) is 2. The van der Waals surface area contributed by atoms with Crippen LogP contribution in [0, 0.1) is 5.92 Å². The van der Waals surface area contributed by atoms with Crippen LogP contribution >= 0.6 is 11.6 Å². The molecule has 1 aliphatic rings. The molecule has 1 unspecified atom stereocenters. The van der Waals surface area contributed by atoms with Gasteiger partial charge in [-0.3, -0.25) is 9.59 Å². The van der Waals surface area contributed by atoms with Crippen molar-refractivity contribution in [2.45, 2.75) is 25.7 Å². The molecule has 1 saturated heterocycles. The van der Waals surface area contributed by atoms with E-state index in [1.165, 1.54) is 0 Å². The molecule has 1 fully saturated rings. The second kappa shape index (κ2) is 8.89. The number of halogens is 1. The van der Waals surface area contributed by atoms with Gasteiger partial charge in [-0.25, -0.2) is 0 Å². The third kappa shape index (κ3) is 5.52. The van der Waals surface area contributed by atoms with Crippen molar-refractivity contribution in [3.05, 3.63) is 34.9 Å². The second-order valence-electron chi connectivity index (χ2n) is 5.89. The molecule has 1 aromatic carbocycles. The fourth-order valence-corrected chi connectivity index (χ4v) is 2.94. The van der Waals surface area contributed by atoms with Crippen molar-refractivity contribution >= 4 is 23.4 Å². The molecule has 0 radical (unpaired) electrons. The van der Waals surface area contributed by atoms with E-state index in [2.05, 4.69) is 5.32 Å². The van der Waals surface area contributed by atoms with Gasteiger partial charge in [0.05, 0.1) is 5.92 Å². The molecule has 23 heavy (non-hydrogen) atoms. The van der Waals surface area contributed by atoms with Gasteiger partial charge in [0.25, 0.3) is 0 Å². The zero-order chi connectivity index (χ0) is 16.7. The fraction of sp³-hybridized carbons (Fsp3) is 0.529. The van der Waals surface area contributed by atoms with Crippen molar-refractivity contribution < 1.29 is 9.59 Å². The first-order chi connectivity index (χ1) is 11.1. The Morgan fingerprint density at radius 2 is 2.04 bits per heavy atom. The number of amides is 2. The standard InChI is InChI=1S/C17H24ClN3O2/c18-15-6-3-13(4-7-15)5-8-16(22)21-11-1-2-14(12-21)17(23)20-10-9-19/h3-4,6-7,14H,1-2,5,8-12,19H2,(H,20,23). The maximum atomic E-state index is 12.4. The second-order valence-corrected chi connectivity index (χ2v) is 6.32. The fourth-order valence-electron chi connectivity index (χ4n) is 2.82. The number of nitrogens with two attached hydrogens (primary N) is 1. The molecule has 1 aliphatic heterocycles. The van der Waals surface area contributed by atoms with Gasteiger partial charge in [-0.05, 0) is 37.0 Å². The van der Waals surface area contributed by atoms with E-state index in [9.17, 15) is 9.59 Å². The first kappa shape index (κ1) is 17.8. The minimum atomic E-state index is -0.116. The first-order valence-corrected chi connectivity index (χ1v) is 8.48. The van der Waals surface area contributed by atoms with Gasteiger partial charge >= 0.3 is 0 Å². The summed E-state index contributed by atoms with van der Waals surface area (Å²) in [6, 6.07) is 7.55. The van der Waals surface area contributed by atoms with Crippen molar-refractivity contribution in [2.75, 3.05) is 26.2 Å². The summed E-state index contributed by atoms with van der Waals surface area (Å²) < 4.78 is 0. The molecule has 2 rings (SSSR count). The molecule has 3 N–H and O–H groups in total. The Morgan fingerprint density at radius 3 is 2.74 bits per heavy atom. The Labute approximate surface area is 142 Å². The van der Waals surface area contributed by atoms with E-state index in [1.807, 2.05) is 29.2 Å². The van der Waals surface area contributed by atoms with Crippen molar-refractivity contribution in [3.63, 3.8) is 0 Å². The highest BCUT2D eigenvalue weighted by Gasteiger charge is 2.27. The van der Waals surface area contributed by atoms with Crippen molar-refractivity contribution in [1.29, 1.82) is 0 Å². The van der Waals surface area contributed by atoms with Gasteiger partial charge in [-0.1, -0.05) is 23.7 Å². The van der Waals surface area contributed by atoms with E-state index in [1.54, 1.807) is 0 Å². The van der Waals surface area contributed by atoms with Gasteiger partial charge < -0.3 is 16.0 Å². The maximum Gasteiger partial charge on any atom is 0.224 e. The topological polar surface area (TPSA) is 75.4 Å². The summed E-state index contributed by atoms with van der Waals surface area (Å²) in [5, 5.41) is 3.51. The molecule has 126 valence electrons. The highest BCUT2D eigenvalue weighted by molar-refractivity contribution is 6.30. The van der Waals surface area contributed by atoms with Gasteiger partial charge in [0.15, 0.2) is 0 Å². The van der Waals surface area contributed by atoms with Crippen LogP contribution in [-0.4, -0.2) is 42.9 Å². The number of nitrogens with zero attached hydrogens (tertiary/aromatic N) is 1. The first-order valence-electron chi connectivity index (χ1n) is 8.10. The molecule has 2 amide bonds. The monoisotopic (exact) mass is 337 g/mol. The van der Waals surface area contributed by atoms with Gasteiger partial charge in [0.1, 0.15) is 0 Å². The van der Waals surface area contributed by atoms with Gasteiger partial charge in [-0.15, -0.1) is 0 Å². The van der Waals surface area contributed by atoms with Gasteiger partial charge in [0, 0.05) is 37.6 Å². The van der Waals surface area contributed by atoms with E-state index in [-0.39, 0.29) is 17.7 Å². The summed E-state index contributed by atoms with van der Waals surface area (Å²) in [4.78, 5) is 26.2. The molecule has 1 aromatic rings. The SMILES string of the molecule is NCCNC(=O)C1CCCN(C(=O)CCc2ccc(Cl)cc2)C1. The van der Waals surface area contributed by atoms with E-state index in [4.69, 9.17) is 17.3 Å². The third-order valence-electron chi connectivity index (χ3n) is 4.13. The van der Waals surface area contributed by atoms with Crippen LogP contribution in [0.25, 0.3) is 0 Å². The van der Waals surface area contributed by atoms with Crippen molar-refractivity contribution in [3.8, 4) is 0 Å². The highest BCUT2D eigenvalue weighted by atomic mass is 35.5. The summed E-state index contributed by atoms with van der Waals surface area (Å²) in [6.45, 7) is 2.16.